The average molecular weight is 229 g/mol. The molecule has 4 aliphatic carbocycles. The Bertz CT molecular complexity index is 242. The van der Waals surface area contributed by atoms with Crippen molar-refractivity contribution in [2.45, 2.75) is 57.4 Å². The lowest BCUT2D eigenvalue weighted by molar-refractivity contribution is -0.0687. The zero-order valence-electron chi connectivity index (χ0n) is 9.67. The van der Waals surface area contributed by atoms with Gasteiger partial charge in [0, 0.05) is 0 Å². The Hall–Kier alpha value is -0.180. The van der Waals surface area contributed by atoms with Gasteiger partial charge in [0.2, 0.25) is 0 Å². The first-order valence-corrected chi connectivity index (χ1v) is 6.60. The Kier molecular flexibility index (Phi) is 2.50. The van der Waals surface area contributed by atoms with E-state index >= 15 is 0 Å². The van der Waals surface area contributed by atoms with Gasteiger partial charge in [-0.05, 0) is 68.1 Å². The summed E-state index contributed by atoms with van der Waals surface area (Å²) in [5, 5.41) is 0. The molecule has 1 unspecified atom stereocenters. The van der Waals surface area contributed by atoms with E-state index in [4.69, 9.17) is 5.73 Å². The molecule has 0 spiro atoms. The normalized spacial score (nSPS) is 47.6. The van der Waals surface area contributed by atoms with Crippen LogP contribution in [0.3, 0.4) is 0 Å². The van der Waals surface area contributed by atoms with E-state index < -0.39 is 12.5 Å². The van der Waals surface area contributed by atoms with E-state index in [9.17, 15) is 8.78 Å². The Labute approximate surface area is 95.8 Å². The van der Waals surface area contributed by atoms with Gasteiger partial charge in [0.05, 0.1) is 6.04 Å². The summed E-state index contributed by atoms with van der Waals surface area (Å²) in [5.41, 5.74) is 5.79. The quantitative estimate of drug-likeness (QED) is 0.790. The number of rotatable bonds is 3. The van der Waals surface area contributed by atoms with Crippen LogP contribution in [0.15, 0.2) is 0 Å². The summed E-state index contributed by atoms with van der Waals surface area (Å²) in [4.78, 5) is 0. The second kappa shape index (κ2) is 3.66. The van der Waals surface area contributed by atoms with Crippen LogP contribution in [0, 0.1) is 23.2 Å². The minimum Gasteiger partial charge on any atom is -0.323 e. The third kappa shape index (κ3) is 1.77. The molecule has 4 fully saturated rings. The second-order valence-electron chi connectivity index (χ2n) is 6.62. The fourth-order valence-corrected chi connectivity index (χ4v) is 5.13. The first-order chi connectivity index (χ1) is 7.56. The van der Waals surface area contributed by atoms with E-state index in [1.165, 1.54) is 38.5 Å². The summed E-state index contributed by atoms with van der Waals surface area (Å²) in [6, 6.07) is -0.892. The smallest absolute Gasteiger partial charge is 0.253 e. The van der Waals surface area contributed by atoms with Crippen molar-refractivity contribution in [3.8, 4) is 0 Å². The topological polar surface area (TPSA) is 26.0 Å². The molecule has 4 rings (SSSR count). The molecule has 4 bridgehead atoms. The third-order valence-corrected chi connectivity index (χ3v) is 5.16. The van der Waals surface area contributed by atoms with Gasteiger partial charge in [-0.25, -0.2) is 8.78 Å². The summed E-state index contributed by atoms with van der Waals surface area (Å²) in [7, 11) is 0. The molecule has 1 atom stereocenters. The summed E-state index contributed by atoms with van der Waals surface area (Å²) in [6.45, 7) is 0. The molecular formula is C13H21F2N. The highest BCUT2D eigenvalue weighted by Gasteiger charge is 2.51. The van der Waals surface area contributed by atoms with E-state index in [-0.39, 0.29) is 5.41 Å². The highest BCUT2D eigenvalue weighted by atomic mass is 19.3. The Balaban J connectivity index is 1.73. The Morgan fingerprint density at radius 2 is 1.44 bits per heavy atom. The molecule has 2 N–H and O–H groups in total. The van der Waals surface area contributed by atoms with Crippen LogP contribution in [0.5, 0.6) is 0 Å². The molecule has 4 saturated carbocycles. The first-order valence-electron chi connectivity index (χ1n) is 6.60. The van der Waals surface area contributed by atoms with Crippen molar-refractivity contribution in [1.29, 1.82) is 0 Å². The summed E-state index contributed by atoms with van der Waals surface area (Å²) in [5.74, 6) is 2.49. The van der Waals surface area contributed by atoms with Crippen molar-refractivity contribution in [2.75, 3.05) is 0 Å². The lowest BCUT2D eigenvalue weighted by Gasteiger charge is -2.57. The van der Waals surface area contributed by atoms with Gasteiger partial charge in [-0.15, -0.1) is 0 Å². The first kappa shape index (κ1) is 10.9. The van der Waals surface area contributed by atoms with Gasteiger partial charge in [0.1, 0.15) is 0 Å². The van der Waals surface area contributed by atoms with E-state index in [1.54, 1.807) is 0 Å². The predicted molar refractivity (Wildman–Crippen MR) is 59.2 cm³/mol. The SMILES string of the molecule is NC(CC12CC3CC(CC(C3)C1)C2)C(F)F. The van der Waals surface area contributed by atoms with Crippen molar-refractivity contribution in [3.05, 3.63) is 0 Å². The van der Waals surface area contributed by atoms with Gasteiger partial charge in [0.15, 0.2) is 0 Å². The minimum absolute atomic E-state index is 0.199. The molecule has 0 amide bonds. The average Bonchev–Trinajstić information content (AvgIpc) is 2.13. The summed E-state index contributed by atoms with van der Waals surface area (Å²) >= 11 is 0. The maximum atomic E-state index is 12.6. The minimum atomic E-state index is -2.34. The molecule has 4 aliphatic rings. The van der Waals surface area contributed by atoms with Crippen LogP contribution in [0.2, 0.25) is 0 Å². The van der Waals surface area contributed by atoms with Gasteiger partial charge in [0.25, 0.3) is 6.43 Å². The predicted octanol–water partition coefficient (Wildman–Crippen LogP) is 3.19. The van der Waals surface area contributed by atoms with Crippen LogP contribution in [0.25, 0.3) is 0 Å². The van der Waals surface area contributed by atoms with Gasteiger partial charge in [-0.3, -0.25) is 0 Å². The monoisotopic (exact) mass is 229 g/mol. The molecule has 0 saturated heterocycles. The van der Waals surface area contributed by atoms with Crippen LogP contribution in [-0.4, -0.2) is 12.5 Å². The van der Waals surface area contributed by atoms with Crippen LogP contribution in [-0.2, 0) is 0 Å². The van der Waals surface area contributed by atoms with Gasteiger partial charge in [-0.2, -0.15) is 0 Å². The van der Waals surface area contributed by atoms with E-state index in [0.717, 1.165) is 17.8 Å². The van der Waals surface area contributed by atoms with Crippen molar-refractivity contribution in [1.82, 2.24) is 0 Å². The zero-order chi connectivity index (χ0) is 11.3. The second-order valence-corrected chi connectivity index (χ2v) is 6.62. The fraction of sp³-hybridized carbons (Fsp3) is 1.00. The Morgan fingerprint density at radius 1 is 1.00 bits per heavy atom. The van der Waals surface area contributed by atoms with E-state index in [0.29, 0.717) is 6.42 Å². The van der Waals surface area contributed by atoms with Gasteiger partial charge < -0.3 is 5.73 Å². The molecular weight excluding hydrogens is 208 g/mol. The number of hydrogen-bond acceptors (Lipinski definition) is 1. The largest absolute Gasteiger partial charge is 0.323 e. The molecule has 3 heteroatoms. The van der Waals surface area contributed by atoms with Crippen molar-refractivity contribution < 1.29 is 8.78 Å². The number of nitrogens with two attached hydrogens (primary N) is 1. The highest BCUT2D eigenvalue weighted by Crippen LogP contribution is 2.61. The molecule has 0 aromatic rings. The van der Waals surface area contributed by atoms with Crippen LogP contribution in [0.1, 0.15) is 44.9 Å². The number of alkyl halides is 2. The zero-order valence-corrected chi connectivity index (χ0v) is 9.67. The van der Waals surface area contributed by atoms with Crippen molar-refractivity contribution in [3.63, 3.8) is 0 Å². The van der Waals surface area contributed by atoms with Crippen LogP contribution >= 0.6 is 0 Å². The maximum absolute atomic E-state index is 12.6. The number of halogens is 2. The third-order valence-electron chi connectivity index (χ3n) is 5.16. The maximum Gasteiger partial charge on any atom is 0.253 e. The van der Waals surface area contributed by atoms with Crippen molar-refractivity contribution in [2.24, 2.45) is 28.9 Å². The lowest BCUT2D eigenvalue weighted by atomic mass is 9.48. The van der Waals surface area contributed by atoms with Gasteiger partial charge >= 0.3 is 0 Å². The van der Waals surface area contributed by atoms with Crippen LogP contribution < -0.4 is 5.73 Å². The molecule has 0 radical (unpaired) electrons. The van der Waals surface area contributed by atoms with Crippen molar-refractivity contribution >= 4 is 0 Å². The lowest BCUT2D eigenvalue weighted by Crippen LogP contribution is -2.49. The standard InChI is InChI=1S/C13H21F2N/c14-12(15)11(16)7-13-4-8-1-9(5-13)3-10(2-8)6-13/h8-12H,1-7,16H2. The molecule has 0 aromatic heterocycles. The molecule has 0 aromatic carbocycles. The molecule has 0 heterocycles. The molecule has 1 nitrogen and oxygen atoms in total. The molecule has 0 aliphatic heterocycles. The van der Waals surface area contributed by atoms with E-state index in [2.05, 4.69) is 0 Å². The molecule has 92 valence electrons. The summed E-state index contributed by atoms with van der Waals surface area (Å²) in [6.07, 6.45) is 5.86. The fourth-order valence-electron chi connectivity index (χ4n) is 5.13. The van der Waals surface area contributed by atoms with E-state index in [1.807, 2.05) is 0 Å². The number of hydrogen-bond donors (Lipinski definition) is 1. The highest BCUT2D eigenvalue weighted by molar-refractivity contribution is 5.02. The summed E-state index contributed by atoms with van der Waals surface area (Å²) < 4.78 is 25.2. The molecule has 16 heavy (non-hydrogen) atoms. The Morgan fingerprint density at radius 3 is 1.81 bits per heavy atom. The van der Waals surface area contributed by atoms with Crippen LogP contribution in [0.4, 0.5) is 8.78 Å². The van der Waals surface area contributed by atoms with Gasteiger partial charge in [-0.1, -0.05) is 0 Å².